The van der Waals surface area contributed by atoms with E-state index in [9.17, 15) is 9.90 Å². The molecule has 4 heteroatoms. The van der Waals surface area contributed by atoms with E-state index in [-0.39, 0.29) is 5.91 Å². The van der Waals surface area contributed by atoms with E-state index in [0.29, 0.717) is 13.1 Å². The molecule has 16 heavy (non-hydrogen) atoms. The summed E-state index contributed by atoms with van der Waals surface area (Å²) in [4.78, 5) is 16.0. The Morgan fingerprint density at radius 3 is 2.88 bits per heavy atom. The number of nitrogens with zero attached hydrogens (tertiary/aromatic N) is 1. The molecule has 0 atom stereocenters. The summed E-state index contributed by atoms with van der Waals surface area (Å²) < 4.78 is 0. The van der Waals surface area contributed by atoms with Gasteiger partial charge in [0.05, 0.1) is 23.6 Å². The number of carbonyl (C=O) groups is 1. The second-order valence-electron chi connectivity index (χ2n) is 5.07. The van der Waals surface area contributed by atoms with Crippen LogP contribution in [0.2, 0.25) is 0 Å². The summed E-state index contributed by atoms with van der Waals surface area (Å²) in [5, 5.41) is 9.61. The van der Waals surface area contributed by atoms with Crippen molar-refractivity contribution in [2.75, 3.05) is 13.1 Å². The van der Waals surface area contributed by atoms with Crippen LogP contribution >= 0.6 is 11.3 Å². The Balaban J connectivity index is 1.75. The first-order chi connectivity index (χ1) is 7.55. The summed E-state index contributed by atoms with van der Waals surface area (Å²) >= 11 is 1.63. The van der Waals surface area contributed by atoms with Crippen molar-refractivity contribution in [2.45, 2.75) is 31.8 Å². The molecule has 0 saturated carbocycles. The minimum atomic E-state index is -0.671. The second-order valence-corrected chi connectivity index (χ2v) is 6.21. The van der Waals surface area contributed by atoms with Crippen molar-refractivity contribution in [3.8, 4) is 0 Å². The molecule has 86 valence electrons. The van der Waals surface area contributed by atoms with Crippen molar-refractivity contribution >= 4 is 17.2 Å². The maximum atomic E-state index is 12.0. The van der Waals surface area contributed by atoms with E-state index in [1.807, 2.05) is 6.07 Å². The van der Waals surface area contributed by atoms with E-state index < -0.39 is 5.60 Å². The predicted octanol–water partition coefficient (Wildman–Crippen LogP) is 1.44. The summed E-state index contributed by atoms with van der Waals surface area (Å²) in [6.45, 7) is 2.70. The molecule has 0 radical (unpaired) electrons. The van der Waals surface area contributed by atoms with Crippen LogP contribution in [-0.4, -0.2) is 34.6 Å². The molecule has 1 fully saturated rings. The van der Waals surface area contributed by atoms with Gasteiger partial charge in [-0.25, -0.2) is 0 Å². The number of amides is 1. The lowest BCUT2D eigenvalue weighted by Crippen LogP contribution is -2.61. The highest BCUT2D eigenvalue weighted by molar-refractivity contribution is 7.14. The second kappa shape index (κ2) is 3.31. The first kappa shape index (κ1) is 10.3. The number of hydrogen-bond donors (Lipinski definition) is 1. The predicted molar refractivity (Wildman–Crippen MR) is 62.9 cm³/mol. The van der Waals surface area contributed by atoms with Gasteiger partial charge in [0.2, 0.25) is 0 Å². The molecule has 3 rings (SSSR count). The maximum Gasteiger partial charge on any atom is 0.264 e. The van der Waals surface area contributed by atoms with Gasteiger partial charge >= 0.3 is 0 Å². The average Bonchev–Trinajstić information content (AvgIpc) is 2.71. The molecule has 1 aromatic rings. The van der Waals surface area contributed by atoms with Gasteiger partial charge in [-0.05, 0) is 37.8 Å². The molecule has 2 aliphatic rings. The Labute approximate surface area is 98.7 Å². The van der Waals surface area contributed by atoms with Crippen LogP contribution in [0.5, 0.6) is 0 Å². The fraction of sp³-hybridized carbons (Fsp3) is 0.583. The smallest absolute Gasteiger partial charge is 0.264 e. The van der Waals surface area contributed by atoms with Gasteiger partial charge in [-0.1, -0.05) is 0 Å². The molecule has 1 N–H and O–H groups in total. The zero-order valence-corrected chi connectivity index (χ0v) is 10.1. The zero-order chi connectivity index (χ0) is 11.3. The first-order valence-electron chi connectivity index (χ1n) is 5.68. The summed E-state index contributed by atoms with van der Waals surface area (Å²) in [6, 6.07) is 2.04. The standard InChI is InChI=1S/C12H15NO2S/c1-12(15)6-13(7-12)11(14)10-5-8-3-2-4-9(8)16-10/h5,15H,2-4,6-7H2,1H3. The van der Waals surface area contributed by atoms with Crippen molar-refractivity contribution in [1.82, 2.24) is 4.90 Å². The highest BCUT2D eigenvalue weighted by Gasteiger charge is 2.40. The summed E-state index contributed by atoms with van der Waals surface area (Å²) in [5.41, 5.74) is 0.691. The number of hydrogen-bond acceptors (Lipinski definition) is 3. The molecule has 0 unspecified atom stereocenters. The Kier molecular flexibility index (Phi) is 2.13. The molecule has 1 amide bonds. The number of β-amino-alcohol motifs (C(OH)–C–C–N with tert-alkyl or cyclic N) is 1. The SMILES string of the molecule is CC1(O)CN(C(=O)c2cc3c(s2)CCC3)C1. The Morgan fingerprint density at radius 2 is 2.25 bits per heavy atom. The summed E-state index contributed by atoms with van der Waals surface area (Å²) in [7, 11) is 0. The Morgan fingerprint density at radius 1 is 1.50 bits per heavy atom. The minimum absolute atomic E-state index is 0.0888. The number of aliphatic hydroxyl groups is 1. The van der Waals surface area contributed by atoms with Gasteiger partial charge in [0.25, 0.3) is 5.91 Å². The van der Waals surface area contributed by atoms with Crippen LogP contribution < -0.4 is 0 Å². The third-order valence-electron chi connectivity index (χ3n) is 3.31. The fourth-order valence-electron chi connectivity index (χ4n) is 2.51. The number of rotatable bonds is 1. The van der Waals surface area contributed by atoms with Gasteiger partial charge in [0, 0.05) is 4.88 Å². The van der Waals surface area contributed by atoms with Crippen LogP contribution in [0.1, 0.15) is 33.5 Å². The van der Waals surface area contributed by atoms with Crippen LogP contribution in [-0.2, 0) is 12.8 Å². The van der Waals surface area contributed by atoms with Gasteiger partial charge in [-0.3, -0.25) is 4.79 Å². The van der Waals surface area contributed by atoms with Gasteiger partial charge in [-0.15, -0.1) is 11.3 Å². The summed E-state index contributed by atoms with van der Waals surface area (Å²) in [5.74, 6) is 0.0888. The third kappa shape index (κ3) is 1.57. The van der Waals surface area contributed by atoms with E-state index in [4.69, 9.17) is 0 Å². The molecule has 0 bridgehead atoms. The van der Waals surface area contributed by atoms with Crippen molar-refractivity contribution in [2.24, 2.45) is 0 Å². The van der Waals surface area contributed by atoms with E-state index >= 15 is 0 Å². The lowest BCUT2D eigenvalue weighted by molar-refractivity contribution is -0.0667. The number of fused-ring (bicyclic) bond motifs is 1. The van der Waals surface area contributed by atoms with Gasteiger partial charge < -0.3 is 10.0 Å². The molecular weight excluding hydrogens is 222 g/mol. The molecule has 1 aromatic heterocycles. The van der Waals surface area contributed by atoms with Crippen LogP contribution in [0.15, 0.2) is 6.07 Å². The van der Waals surface area contributed by atoms with E-state index in [0.717, 1.165) is 17.7 Å². The van der Waals surface area contributed by atoms with Crippen LogP contribution in [0.4, 0.5) is 0 Å². The molecule has 0 spiro atoms. The van der Waals surface area contributed by atoms with E-state index in [1.54, 1.807) is 23.2 Å². The number of carbonyl (C=O) groups excluding carboxylic acids is 1. The average molecular weight is 237 g/mol. The fourth-order valence-corrected chi connectivity index (χ4v) is 3.73. The molecule has 1 aliphatic heterocycles. The molecule has 2 heterocycles. The topological polar surface area (TPSA) is 40.5 Å². The third-order valence-corrected chi connectivity index (χ3v) is 4.53. The van der Waals surface area contributed by atoms with Gasteiger partial charge in [0.1, 0.15) is 0 Å². The number of likely N-dealkylation sites (tertiary alicyclic amines) is 1. The molecule has 1 aliphatic carbocycles. The summed E-state index contributed by atoms with van der Waals surface area (Å²) in [6.07, 6.45) is 3.48. The highest BCUT2D eigenvalue weighted by atomic mass is 32.1. The molecule has 3 nitrogen and oxygen atoms in total. The Hall–Kier alpha value is -0.870. The zero-order valence-electron chi connectivity index (χ0n) is 9.32. The maximum absolute atomic E-state index is 12.0. The monoisotopic (exact) mass is 237 g/mol. The lowest BCUT2D eigenvalue weighted by atomic mass is 9.97. The van der Waals surface area contributed by atoms with Crippen LogP contribution in [0.25, 0.3) is 0 Å². The largest absolute Gasteiger partial charge is 0.386 e. The minimum Gasteiger partial charge on any atom is -0.386 e. The van der Waals surface area contributed by atoms with Crippen LogP contribution in [0.3, 0.4) is 0 Å². The van der Waals surface area contributed by atoms with Gasteiger partial charge in [0.15, 0.2) is 0 Å². The van der Waals surface area contributed by atoms with E-state index in [1.165, 1.54) is 16.9 Å². The number of thiophene rings is 1. The van der Waals surface area contributed by atoms with E-state index in [2.05, 4.69) is 0 Å². The van der Waals surface area contributed by atoms with Crippen LogP contribution in [0, 0.1) is 0 Å². The van der Waals surface area contributed by atoms with Crippen molar-refractivity contribution in [1.29, 1.82) is 0 Å². The normalized spacial score (nSPS) is 21.8. The quantitative estimate of drug-likeness (QED) is 0.803. The first-order valence-corrected chi connectivity index (χ1v) is 6.50. The molecule has 1 saturated heterocycles. The van der Waals surface area contributed by atoms with Crippen molar-refractivity contribution in [3.63, 3.8) is 0 Å². The van der Waals surface area contributed by atoms with Crippen molar-refractivity contribution < 1.29 is 9.90 Å². The van der Waals surface area contributed by atoms with Crippen molar-refractivity contribution in [3.05, 3.63) is 21.4 Å². The molecular formula is C12H15NO2S. The van der Waals surface area contributed by atoms with Gasteiger partial charge in [-0.2, -0.15) is 0 Å². The number of aryl methyl sites for hydroxylation is 2. The lowest BCUT2D eigenvalue weighted by Gasteiger charge is -2.43. The Bertz CT molecular complexity index is 420. The molecule has 0 aromatic carbocycles. The highest BCUT2D eigenvalue weighted by Crippen LogP contribution is 2.32.